The van der Waals surface area contributed by atoms with Gasteiger partial charge in [-0.3, -0.25) is 10.3 Å². The molecule has 51 heavy (non-hydrogen) atoms. The van der Waals surface area contributed by atoms with Gasteiger partial charge in [0.2, 0.25) is 0 Å². The largest absolute Gasteiger partial charge is 0.283 e. The Morgan fingerprint density at radius 1 is 0.745 bits per heavy atom. The second-order valence-corrected chi connectivity index (χ2v) is 13.8. The zero-order chi connectivity index (χ0) is 35.4. The van der Waals surface area contributed by atoms with Crippen LogP contribution in [0, 0.1) is 6.92 Å². The van der Waals surface area contributed by atoms with E-state index in [0.717, 1.165) is 35.2 Å². The van der Waals surface area contributed by atoms with Crippen LogP contribution in [-0.2, 0) is 12.1 Å². The molecule has 6 aromatic carbocycles. The van der Waals surface area contributed by atoms with Crippen LogP contribution in [0.1, 0.15) is 72.2 Å². The fraction of sp³-hybridized carbons (Fsp3) is 0.163. The number of aryl methyl sites for hydroxylation is 1. The molecule has 7 rings (SSSR count). The second-order valence-electron chi connectivity index (χ2n) is 13.8. The lowest BCUT2D eigenvalue weighted by Gasteiger charge is -2.33. The molecule has 0 fully saturated rings. The van der Waals surface area contributed by atoms with Gasteiger partial charge in [0.15, 0.2) is 0 Å². The van der Waals surface area contributed by atoms with Crippen LogP contribution < -0.4 is 5.32 Å². The smallest absolute Gasteiger partial charge is 0.134 e. The standard InChI is InChI=1S/C49H46N2/c1-6-37-33-43(40-24-26-42(27-25-40)47-23-15-21-41-20-13-14-22-46(41)47)28-30-48(37)45-31-29-44(32-34(45)2)49(5,50-35(3)38-16-9-7-10-17-38)51-36(4)39-18-11-8-12-19-39/h6-13,15-21,23-33,35,50H,1,14,22H2,2-5H3/b51-36+. The van der Waals surface area contributed by atoms with Crippen molar-refractivity contribution in [3.63, 3.8) is 0 Å². The predicted molar refractivity (Wildman–Crippen MR) is 219 cm³/mol. The van der Waals surface area contributed by atoms with Gasteiger partial charge in [0.05, 0.1) is 0 Å². The Kier molecular flexibility index (Phi) is 9.79. The van der Waals surface area contributed by atoms with Gasteiger partial charge in [-0.1, -0.05) is 158 Å². The lowest BCUT2D eigenvalue weighted by molar-refractivity contribution is 0.341. The van der Waals surface area contributed by atoms with Gasteiger partial charge < -0.3 is 0 Å². The first kappa shape index (κ1) is 33.9. The molecular weight excluding hydrogens is 617 g/mol. The van der Waals surface area contributed by atoms with Crippen LogP contribution in [-0.4, -0.2) is 5.71 Å². The minimum Gasteiger partial charge on any atom is -0.283 e. The molecule has 0 saturated carbocycles. The molecule has 6 aromatic rings. The van der Waals surface area contributed by atoms with Crippen LogP contribution in [0.2, 0.25) is 0 Å². The Morgan fingerprint density at radius 3 is 2.16 bits per heavy atom. The summed E-state index contributed by atoms with van der Waals surface area (Å²) >= 11 is 0. The fourth-order valence-corrected chi connectivity index (χ4v) is 7.52. The molecule has 1 N–H and O–H groups in total. The number of aliphatic imine (C=N–C) groups is 1. The molecule has 0 bridgehead atoms. The Morgan fingerprint density at radius 2 is 1.43 bits per heavy atom. The minimum atomic E-state index is -0.661. The highest BCUT2D eigenvalue weighted by Gasteiger charge is 2.29. The van der Waals surface area contributed by atoms with E-state index in [4.69, 9.17) is 4.99 Å². The van der Waals surface area contributed by atoms with E-state index in [-0.39, 0.29) is 6.04 Å². The monoisotopic (exact) mass is 662 g/mol. The number of hydrogen-bond acceptors (Lipinski definition) is 2. The van der Waals surface area contributed by atoms with Crippen molar-refractivity contribution in [2.45, 2.75) is 52.2 Å². The van der Waals surface area contributed by atoms with Crippen molar-refractivity contribution < 1.29 is 0 Å². The van der Waals surface area contributed by atoms with Crippen LogP contribution in [0.25, 0.3) is 45.5 Å². The van der Waals surface area contributed by atoms with E-state index in [1.807, 2.05) is 12.1 Å². The van der Waals surface area contributed by atoms with Crippen molar-refractivity contribution in [2.75, 3.05) is 0 Å². The van der Waals surface area contributed by atoms with E-state index in [1.165, 1.54) is 55.6 Å². The SMILES string of the molecule is C=Cc1cc(-c2ccc(-c3cccc4c3CCC=C4)cc2)ccc1-c1ccc(C(C)(/N=C(\C)c2ccccc2)NC(C)c2ccccc2)cc1C. The fourth-order valence-electron chi connectivity index (χ4n) is 7.52. The maximum atomic E-state index is 5.37. The molecule has 252 valence electrons. The maximum absolute atomic E-state index is 5.37. The average molecular weight is 663 g/mol. The van der Waals surface area contributed by atoms with Gasteiger partial charge in [-0.15, -0.1) is 0 Å². The first-order chi connectivity index (χ1) is 24.8. The molecule has 0 amide bonds. The molecule has 2 atom stereocenters. The van der Waals surface area contributed by atoms with E-state index in [1.54, 1.807) is 0 Å². The molecule has 1 aliphatic rings. The van der Waals surface area contributed by atoms with Crippen molar-refractivity contribution >= 4 is 17.9 Å². The highest BCUT2D eigenvalue weighted by Crippen LogP contribution is 2.37. The number of fused-ring (bicyclic) bond motifs is 1. The van der Waals surface area contributed by atoms with Gasteiger partial charge in [0.25, 0.3) is 0 Å². The molecule has 1 aliphatic carbocycles. The van der Waals surface area contributed by atoms with Gasteiger partial charge in [-0.05, 0) is 119 Å². The molecule has 2 nitrogen and oxygen atoms in total. The third kappa shape index (κ3) is 7.20. The molecular formula is C49H46N2. The normalized spacial score (nSPS) is 14.4. The Balaban J connectivity index is 1.20. The molecule has 0 saturated heterocycles. The van der Waals surface area contributed by atoms with Gasteiger partial charge in [-0.25, -0.2) is 0 Å². The summed E-state index contributed by atoms with van der Waals surface area (Å²) in [5, 5.41) is 3.88. The molecule has 2 unspecified atom stereocenters. The van der Waals surface area contributed by atoms with E-state index in [9.17, 15) is 0 Å². The van der Waals surface area contributed by atoms with E-state index in [0.29, 0.717) is 0 Å². The van der Waals surface area contributed by atoms with Crippen LogP contribution >= 0.6 is 0 Å². The van der Waals surface area contributed by atoms with Crippen molar-refractivity contribution in [3.05, 3.63) is 191 Å². The molecule has 0 spiro atoms. The highest BCUT2D eigenvalue weighted by molar-refractivity contribution is 5.99. The Labute approximate surface area is 304 Å². The summed E-state index contributed by atoms with van der Waals surface area (Å²) in [6.45, 7) is 12.9. The van der Waals surface area contributed by atoms with Crippen molar-refractivity contribution in [1.82, 2.24) is 5.32 Å². The molecule has 2 heteroatoms. The average Bonchev–Trinajstić information content (AvgIpc) is 3.18. The summed E-state index contributed by atoms with van der Waals surface area (Å²) in [5.74, 6) is 0. The van der Waals surface area contributed by atoms with Crippen LogP contribution in [0.5, 0.6) is 0 Å². The van der Waals surface area contributed by atoms with Gasteiger partial charge in [0, 0.05) is 11.8 Å². The summed E-state index contributed by atoms with van der Waals surface area (Å²) in [5.41, 5.74) is 16.3. The third-order valence-electron chi connectivity index (χ3n) is 10.3. The first-order valence-corrected chi connectivity index (χ1v) is 18.0. The molecule has 0 heterocycles. The summed E-state index contributed by atoms with van der Waals surface area (Å²) in [7, 11) is 0. The molecule has 0 aliphatic heterocycles. The van der Waals surface area contributed by atoms with Crippen molar-refractivity contribution in [2.24, 2.45) is 4.99 Å². The van der Waals surface area contributed by atoms with Crippen molar-refractivity contribution in [1.29, 1.82) is 0 Å². The zero-order valence-corrected chi connectivity index (χ0v) is 30.2. The highest BCUT2D eigenvalue weighted by atomic mass is 15.2. The van der Waals surface area contributed by atoms with E-state index >= 15 is 0 Å². The number of nitrogens with one attached hydrogen (secondary N) is 1. The number of nitrogens with zero attached hydrogens (tertiary/aromatic N) is 1. The maximum Gasteiger partial charge on any atom is 0.134 e. The molecule has 0 aromatic heterocycles. The van der Waals surface area contributed by atoms with Gasteiger partial charge in [-0.2, -0.15) is 0 Å². The van der Waals surface area contributed by atoms with E-state index < -0.39 is 5.66 Å². The number of rotatable bonds is 10. The van der Waals surface area contributed by atoms with Crippen molar-refractivity contribution in [3.8, 4) is 33.4 Å². The number of allylic oxidation sites excluding steroid dienone is 1. The van der Waals surface area contributed by atoms with Gasteiger partial charge in [0.1, 0.15) is 5.66 Å². The third-order valence-corrected chi connectivity index (χ3v) is 10.3. The van der Waals surface area contributed by atoms with Crippen LogP contribution in [0.4, 0.5) is 0 Å². The summed E-state index contributed by atoms with van der Waals surface area (Å²) in [4.78, 5) is 5.37. The van der Waals surface area contributed by atoms with Crippen LogP contribution in [0.15, 0.2) is 157 Å². The Hall–Kier alpha value is -5.57. The summed E-state index contributed by atoms with van der Waals surface area (Å²) in [6, 6.07) is 50.3. The predicted octanol–water partition coefficient (Wildman–Crippen LogP) is 12.6. The minimum absolute atomic E-state index is 0.0904. The first-order valence-electron chi connectivity index (χ1n) is 18.0. The van der Waals surface area contributed by atoms with E-state index in [2.05, 4.69) is 185 Å². The zero-order valence-electron chi connectivity index (χ0n) is 30.2. The summed E-state index contributed by atoms with van der Waals surface area (Å²) < 4.78 is 0. The molecule has 0 radical (unpaired) electrons. The lowest BCUT2D eigenvalue weighted by atomic mass is 9.88. The second kappa shape index (κ2) is 14.7. The quantitative estimate of drug-likeness (QED) is 0.145. The number of hydrogen-bond donors (Lipinski definition) is 1. The van der Waals surface area contributed by atoms with Gasteiger partial charge >= 0.3 is 0 Å². The number of benzene rings is 6. The van der Waals surface area contributed by atoms with Crippen LogP contribution in [0.3, 0.4) is 0 Å². The lowest BCUT2D eigenvalue weighted by Crippen LogP contribution is -2.40. The summed E-state index contributed by atoms with van der Waals surface area (Å²) in [6.07, 6.45) is 8.71. The topological polar surface area (TPSA) is 24.4 Å². The Bertz CT molecular complexity index is 2230.